The Labute approximate surface area is 130 Å². The minimum absolute atomic E-state index is 0.118. The van der Waals surface area contributed by atoms with E-state index in [9.17, 15) is 4.79 Å². The SMILES string of the molecule is CCCCNC(=O)C1CC(c2ccc(OC)c(OC)c2)=NO1. The number of unbranched alkanes of at least 4 members (excludes halogenated alkanes) is 1. The van der Waals surface area contributed by atoms with Crippen LogP contribution in [0.3, 0.4) is 0 Å². The minimum Gasteiger partial charge on any atom is -0.493 e. The van der Waals surface area contributed by atoms with Gasteiger partial charge in [-0.05, 0) is 24.6 Å². The second-order valence-electron chi connectivity index (χ2n) is 5.05. The van der Waals surface area contributed by atoms with Gasteiger partial charge < -0.3 is 19.6 Å². The fourth-order valence-electron chi connectivity index (χ4n) is 2.21. The molecule has 0 saturated carbocycles. The van der Waals surface area contributed by atoms with Crippen LogP contribution in [0, 0.1) is 0 Å². The number of amides is 1. The van der Waals surface area contributed by atoms with E-state index in [0.717, 1.165) is 24.1 Å². The first kappa shape index (κ1) is 16.1. The molecule has 0 aliphatic carbocycles. The molecule has 1 N–H and O–H groups in total. The number of nitrogens with one attached hydrogen (secondary N) is 1. The Morgan fingerprint density at radius 3 is 2.82 bits per heavy atom. The number of nitrogens with zero attached hydrogens (tertiary/aromatic N) is 1. The molecule has 1 aliphatic rings. The lowest BCUT2D eigenvalue weighted by molar-refractivity contribution is -0.131. The Morgan fingerprint density at radius 2 is 2.14 bits per heavy atom. The Morgan fingerprint density at radius 1 is 1.36 bits per heavy atom. The summed E-state index contributed by atoms with van der Waals surface area (Å²) in [5, 5.41) is 6.88. The molecular formula is C16H22N2O4. The average molecular weight is 306 g/mol. The molecule has 120 valence electrons. The summed E-state index contributed by atoms with van der Waals surface area (Å²) < 4.78 is 10.5. The second-order valence-corrected chi connectivity index (χ2v) is 5.05. The van der Waals surface area contributed by atoms with Crippen molar-refractivity contribution in [3.05, 3.63) is 23.8 Å². The monoisotopic (exact) mass is 306 g/mol. The van der Waals surface area contributed by atoms with Gasteiger partial charge in [0.1, 0.15) is 0 Å². The predicted octanol–water partition coefficient (Wildman–Crippen LogP) is 2.11. The van der Waals surface area contributed by atoms with Crippen LogP contribution in [0.15, 0.2) is 23.4 Å². The molecule has 1 aromatic rings. The van der Waals surface area contributed by atoms with Gasteiger partial charge in [-0.3, -0.25) is 4.79 Å². The van der Waals surface area contributed by atoms with E-state index in [1.165, 1.54) is 0 Å². The van der Waals surface area contributed by atoms with E-state index in [-0.39, 0.29) is 5.91 Å². The van der Waals surface area contributed by atoms with Gasteiger partial charge in [0.2, 0.25) is 6.10 Å². The van der Waals surface area contributed by atoms with E-state index in [4.69, 9.17) is 14.3 Å². The second kappa shape index (κ2) is 7.68. The molecule has 0 bridgehead atoms. The first-order valence-electron chi connectivity index (χ1n) is 7.42. The van der Waals surface area contributed by atoms with Crippen molar-refractivity contribution in [1.29, 1.82) is 0 Å². The van der Waals surface area contributed by atoms with Crippen molar-refractivity contribution in [3.63, 3.8) is 0 Å². The number of oxime groups is 1. The first-order valence-corrected chi connectivity index (χ1v) is 7.42. The number of ether oxygens (including phenoxy) is 2. The maximum Gasteiger partial charge on any atom is 0.264 e. The zero-order chi connectivity index (χ0) is 15.9. The van der Waals surface area contributed by atoms with Crippen LogP contribution in [0.5, 0.6) is 11.5 Å². The highest BCUT2D eigenvalue weighted by molar-refractivity contribution is 6.04. The van der Waals surface area contributed by atoms with E-state index in [2.05, 4.69) is 17.4 Å². The largest absolute Gasteiger partial charge is 0.493 e. The van der Waals surface area contributed by atoms with Crippen LogP contribution in [0.1, 0.15) is 31.7 Å². The topological polar surface area (TPSA) is 69.2 Å². The molecule has 1 heterocycles. The number of hydrogen-bond acceptors (Lipinski definition) is 5. The summed E-state index contributed by atoms with van der Waals surface area (Å²) in [5.41, 5.74) is 1.60. The van der Waals surface area contributed by atoms with E-state index in [0.29, 0.717) is 24.5 Å². The van der Waals surface area contributed by atoms with Crippen molar-refractivity contribution in [1.82, 2.24) is 5.32 Å². The molecular weight excluding hydrogens is 284 g/mol. The fourth-order valence-corrected chi connectivity index (χ4v) is 2.21. The summed E-state index contributed by atoms with van der Waals surface area (Å²) in [4.78, 5) is 17.2. The molecule has 2 rings (SSSR count). The molecule has 0 radical (unpaired) electrons. The van der Waals surface area contributed by atoms with Crippen LogP contribution in [0.25, 0.3) is 0 Å². The molecule has 1 atom stereocenters. The summed E-state index contributed by atoms with van der Waals surface area (Å²) in [7, 11) is 3.17. The normalized spacial score (nSPS) is 16.7. The standard InChI is InChI=1S/C16H22N2O4/c1-4-5-8-17-16(19)15-10-12(18-22-15)11-6-7-13(20-2)14(9-11)21-3/h6-7,9,15H,4-5,8,10H2,1-3H3,(H,17,19). The molecule has 22 heavy (non-hydrogen) atoms. The van der Waals surface area contributed by atoms with Gasteiger partial charge in [0.05, 0.1) is 19.9 Å². The van der Waals surface area contributed by atoms with Gasteiger partial charge in [-0.1, -0.05) is 18.5 Å². The van der Waals surface area contributed by atoms with E-state index < -0.39 is 6.10 Å². The number of benzene rings is 1. The first-order chi connectivity index (χ1) is 10.7. The van der Waals surface area contributed by atoms with Crippen LogP contribution in [-0.2, 0) is 9.63 Å². The summed E-state index contributed by atoms with van der Waals surface area (Å²) in [5.74, 6) is 1.16. The third-order valence-electron chi connectivity index (χ3n) is 3.51. The third kappa shape index (κ3) is 3.69. The van der Waals surface area contributed by atoms with Gasteiger partial charge in [-0.25, -0.2) is 0 Å². The molecule has 1 aromatic carbocycles. The van der Waals surface area contributed by atoms with Gasteiger partial charge in [0.15, 0.2) is 11.5 Å². The van der Waals surface area contributed by atoms with Crippen LogP contribution in [0.2, 0.25) is 0 Å². The van der Waals surface area contributed by atoms with Crippen molar-refractivity contribution >= 4 is 11.6 Å². The maximum absolute atomic E-state index is 12.0. The summed E-state index contributed by atoms with van der Waals surface area (Å²) in [6.07, 6.45) is 1.90. The number of carbonyl (C=O) groups excluding carboxylic acids is 1. The minimum atomic E-state index is -0.556. The lowest BCUT2D eigenvalue weighted by Gasteiger charge is -2.10. The van der Waals surface area contributed by atoms with Crippen LogP contribution in [-0.4, -0.2) is 38.5 Å². The van der Waals surface area contributed by atoms with Crippen molar-refractivity contribution in [2.75, 3.05) is 20.8 Å². The van der Waals surface area contributed by atoms with Crippen molar-refractivity contribution in [3.8, 4) is 11.5 Å². The Hall–Kier alpha value is -2.24. The van der Waals surface area contributed by atoms with Crippen molar-refractivity contribution < 1.29 is 19.1 Å². The zero-order valence-electron chi connectivity index (χ0n) is 13.2. The average Bonchev–Trinajstić information content (AvgIpc) is 3.04. The van der Waals surface area contributed by atoms with E-state index >= 15 is 0 Å². The maximum atomic E-state index is 12.0. The number of hydrogen-bond donors (Lipinski definition) is 1. The molecule has 0 saturated heterocycles. The number of methoxy groups -OCH3 is 2. The molecule has 6 nitrogen and oxygen atoms in total. The van der Waals surface area contributed by atoms with Crippen LogP contribution < -0.4 is 14.8 Å². The lowest BCUT2D eigenvalue weighted by Crippen LogP contribution is -2.35. The summed E-state index contributed by atoms with van der Waals surface area (Å²) in [6.45, 7) is 2.75. The molecule has 1 amide bonds. The van der Waals surface area contributed by atoms with Crippen LogP contribution in [0.4, 0.5) is 0 Å². The van der Waals surface area contributed by atoms with Gasteiger partial charge in [0.25, 0.3) is 5.91 Å². The smallest absolute Gasteiger partial charge is 0.264 e. The molecule has 1 unspecified atom stereocenters. The number of rotatable bonds is 7. The summed E-state index contributed by atoms with van der Waals surface area (Å²) >= 11 is 0. The molecule has 6 heteroatoms. The molecule has 0 spiro atoms. The molecule has 0 aromatic heterocycles. The highest BCUT2D eigenvalue weighted by Crippen LogP contribution is 2.29. The summed E-state index contributed by atoms with van der Waals surface area (Å²) in [6, 6.07) is 5.52. The van der Waals surface area contributed by atoms with E-state index in [1.807, 2.05) is 18.2 Å². The highest BCUT2D eigenvalue weighted by atomic mass is 16.6. The Bertz CT molecular complexity index is 557. The van der Waals surface area contributed by atoms with Gasteiger partial charge >= 0.3 is 0 Å². The van der Waals surface area contributed by atoms with Crippen molar-refractivity contribution in [2.24, 2.45) is 5.16 Å². The van der Waals surface area contributed by atoms with Crippen molar-refractivity contribution in [2.45, 2.75) is 32.3 Å². The predicted molar refractivity (Wildman–Crippen MR) is 83.5 cm³/mol. The quantitative estimate of drug-likeness (QED) is 0.783. The lowest BCUT2D eigenvalue weighted by atomic mass is 10.0. The van der Waals surface area contributed by atoms with Gasteiger partial charge in [-0.15, -0.1) is 0 Å². The highest BCUT2D eigenvalue weighted by Gasteiger charge is 2.28. The fraction of sp³-hybridized carbons (Fsp3) is 0.500. The van der Waals surface area contributed by atoms with E-state index in [1.54, 1.807) is 14.2 Å². The van der Waals surface area contributed by atoms with Gasteiger partial charge in [0, 0.05) is 18.5 Å². The van der Waals surface area contributed by atoms with Crippen LogP contribution >= 0.6 is 0 Å². The Balaban J connectivity index is 1.99. The van der Waals surface area contributed by atoms with Gasteiger partial charge in [-0.2, -0.15) is 0 Å². The molecule has 1 aliphatic heterocycles. The number of carbonyl (C=O) groups is 1. The third-order valence-corrected chi connectivity index (χ3v) is 3.51. The zero-order valence-corrected chi connectivity index (χ0v) is 13.2. The molecule has 0 fully saturated rings. The Kier molecular flexibility index (Phi) is 5.63.